The fourth-order valence-corrected chi connectivity index (χ4v) is 2.78. The number of likely N-dealkylation sites (tertiary alicyclic amines) is 1. The number of carbonyl (C=O) groups excluding carboxylic acids is 2. The predicted molar refractivity (Wildman–Crippen MR) is 84.4 cm³/mol. The molecule has 1 aromatic rings. The van der Waals surface area contributed by atoms with Crippen molar-refractivity contribution in [3.05, 3.63) is 42.4 Å². The second kappa shape index (κ2) is 7.17. The molecule has 0 aromatic heterocycles. The van der Waals surface area contributed by atoms with Gasteiger partial charge >= 0.3 is 0 Å². The Morgan fingerprint density at radius 3 is 2.74 bits per heavy atom. The molecule has 6 nitrogen and oxygen atoms in total. The number of benzene rings is 1. The maximum Gasteiger partial charge on any atom is 0.292 e. The van der Waals surface area contributed by atoms with Crippen LogP contribution >= 0.6 is 0 Å². The second-order valence-electron chi connectivity index (χ2n) is 5.65. The molecule has 0 spiro atoms. The Hall–Kier alpha value is -2.50. The molecule has 2 amide bonds. The quantitative estimate of drug-likeness (QED) is 0.922. The first-order valence-electron chi connectivity index (χ1n) is 7.84. The fourth-order valence-electron chi connectivity index (χ4n) is 2.78. The summed E-state index contributed by atoms with van der Waals surface area (Å²) in [6.45, 7) is 1.87. The molecule has 0 bridgehead atoms. The van der Waals surface area contributed by atoms with Crippen LogP contribution in [0.4, 0.5) is 5.69 Å². The molecule has 1 N–H and O–H groups in total. The summed E-state index contributed by atoms with van der Waals surface area (Å²) in [7, 11) is 0. The molecule has 2 heterocycles. The third kappa shape index (κ3) is 3.83. The van der Waals surface area contributed by atoms with Crippen molar-refractivity contribution in [3.8, 4) is 0 Å². The van der Waals surface area contributed by atoms with Gasteiger partial charge in [-0.25, -0.2) is 0 Å². The lowest BCUT2D eigenvalue weighted by molar-refractivity contribution is -0.135. The summed E-state index contributed by atoms with van der Waals surface area (Å²) in [5.74, 6) is -0.246. The molecule has 2 aliphatic rings. The number of anilines is 1. The van der Waals surface area contributed by atoms with Crippen LogP contribution in [0, 0.1) is 5.92 Å². The van der Waals surface area contributed by atoms with E-state index in [0.29, 0.717) is 26.3 Å². The Kier molecular flexibility index (Phi) is 4.80. The number of hydrogen-bond donors (Lipinski definition) is 1. The van der Waals surface area contributed by atoms with Gasteiger partial charge in [-0.3, -0.25) is 9.59 Å². The van der Waals surface area contributed by atoms with Gasteiger partial charge in [-0.15, -0.1) is 0 Å². The van der Waals surface area contributed by atoms with Gasteiger partial charge in [0, 0.05) is 18.8 Å². The van der Waals surface area contributed by atoms with Crippen LogP contribution < -0.4 is 5.32 Å². The normalized spacial score (nSPS) is 20.8. The van der Waals surface area contributed by atoms with E-state index in [2.05, 4.69) is 5.32 Å². The van der Waals surface area contributed by atoms with Crippen LogP contribution in [0.3, 0.4) is 0 Å². The summed E-state index contributed by atoms with van der Waals surface area (Å²) in [5, 5.41) is 2.90. The molecule has 2 aliphatic heterocycles. The third-order valence-electron chi connectivity index (χ3n) is 3.98. The minimum absolute atomic E-state index is 0.0523. The molecule has 3 rings (SSSR count). The summed E-state index contributed by atoms with van der Waals surface area (Å²) in [6, 6.07) is 9.35. The van der Waals surface area contributed by atoms with Crippen LogP contribution in [0.25, 0.3) is 0 Å². The smallest absolute Gasteiger partial charge is 0.292 e. The number of rotatable bonds is 3. The molecule has 0 unspecified atom stereocenters. The predicted octanol–water partition coefficient (Wildman–Crippen LogP) is 1.75. The average Bonchev–Trinajstić information content (AvgIpc) is 2.63. The molecule has 1 saturated heterocycles. The van der Waals surface area contributed by atoms with Gasteiger partial charge in [0.2, 0.25) is 11.7 Å². The third-order valence-corrected chi connectivity index (χ3v) is 3.98. The first kappa shape index (κ1) is 15.4. The van der Waals surface area contributed by atoms with Crippen molar-refractivity contribution < 1.29 is 19.1 Å². The van der Waals surface area contributed by atoms with Crippen LogP contribution in [0.2, 0.25) is 0 Å². The number of nitrogens with zero attached hydrogens (tertiary/aromatic N) is 1. The SMILES string of the molecule is O=C(Nc1ccccc1)[C@@H]1CCCN(C(=O)C2=COCCO2)C1. The Labute approximate surface area is 135 Å². The summed E-state index contributed by atoms with van der Waals surface area (Å²) in [4.78, 5) is 26.5. The van der Waals surface area contributed by atoms with E-state index in [1.54, 1.807) is 4.90 Å². The molecule has 0 aliphatic carbocycles. The van der Waals surface area contributed by atoms with Gasteiger partial charge in [0.15, 0.2) is 0 Å². The molecule has 1 aromatic carbocycles. The number of amides is 2. The van der Waals surface area contributed by atoms with Crippen LogP contribution in [0.1, 0.15) is 12.8 Å². The maximum absolute atomic E-state index is 12.4. The van der Waals surface area contributed by atoms with Crippen molar-refractivity contribution in [1.82, 2.24) is 4.90 Å². The first-order chi connectivity index (χ1) is 11.2. The molecular formula is C17H20N2O4. The van der Waals surface area contributed by atoms with E-state index >= 15 is 0 Å². The highest BCUT2D eigenvalue weighted by molar-refractivity contribution is 5.94. The lowest BCUT2D eigenvalue weighted by atomic mass is 9.97. The summed E-state index contributed by atoms with van der Waals surface area (Å²) >= 11 is 0. The Morgan fingerprint density at radius 1 is 1.17 bits per heavy atom. The Morgan fingerprint density at radius 2 is 2.00 bits per heavy atom. The highest BCUT2D eigenvalue weighted by Gasteiger charge is 2.31. The summed E-state index contributed by atoms with van der Waals surface area (Å²) < 4.78 is 10.5. The van der Waals surface area contributed by atoms with Crippen LogP contribution in [0.15, 0.2) is 42.4 Å². The van der Waals surface area contributed by atoms with Gasteiger partial charge in [-0.2, -0.15) is 0 Å². The van der Waals surface area contributed by atoms with Crippen LogP contribution in [0.5, 0.6) is 0 Å². The Bertz CT molecular complexity index is 600. The van der Waals surface area contributed by atoms with Crippen molar-refractivity contribution in [1.29, 1.82) is 0 Å². The van der Waals surface area contributed by atoms with Gasteiger partial charge in [-0.1, -0.05) is 18.2 Å². The van der Waals surface area contributed by atoms with E-state index in [4.69, 9.17) is 9.47 Å². The zero-order valence-corrected chi connectivity index (χ0v) is 12.9. The zero-order chi connectivity index (χ0) is 16.1. The van der Waals surface area contributed by atoms with E-state index < -0.39 is 0 Å². The van der Waals surface area contributed by atoms with Crippen molar-refractivity contribution >= 4 is 17.5 Å². The first-order valence-corrected chi connectivity index (χ1v) is 7.84. The van der Waals surface area contributed by atoms with E-state index in [1.807, 2.05) is 30.3 Å². The molecule has 122 valence electrons. The number of hydrogen-bond acceptors (Lipinski definition) is 4. The van der Waals surface area contributed by atoms with Gasteiger partial charge < -0.3 is 19.7 Å². The lowest BCUT2D eigenvalue weighted by Gasteiger charge is -2.32. The van der Waals surface area contributed by atoms with Gasteiger partial charge in [0.1, 0.15) is 19.5 Å². The monoisotopic (exact) mass is 316 g/mol. The minimum Gasteiger partial charge on any atom is -0.494 e. The highest BCUT2D eigenvalue weighted by Crippen LogP contribution is 2.21. The molecule has 1 atom stereocenters. The molecule has 23 heavy (non-hydrogen) atoms. The fraction of sp³-hybridized carbons (Fsp3) is 0.412. The van der Waals surface area contributed by atoms with Crippen molar-refractivity contribution in [2.24, 2.45) is 5.92 Å². The summed E-state index contributed by atoms with van der Waals surface area (Å²) in [5.41, 5.74) is 0.771. The van der Waals surface area contributed by atoms with Gasteiger partial charge in [-0.05, 0) is 25.0 Å². The molecular weight excluding hydrogens is 296 g/mol. The lowest BCUT2D eigenvalue weighted by Crippen LogP contribution is -2.44. The maximum atomic E-state index is 12.4. The molecule has 0 radical (unpaired) electrons. The van der Waals surface area contributed by atoms with Crippen molar-refractivity contribution in [2.75, 3.05) is 31.6 Å². The molecule has 1 fully saturated rings. The number of para-hydroxylation sites is 1. The van der Waals surface area contributed by atoms with Crippen LogP contribution in [-0.4, -0.2) is 43.0 Å². The minimum atomic E-state index is -0.210. The van der Waals surface area contributed by atoms with Gasteiger partial charge in [0.25, 0.3) is 5.91 Å². The number of piperidine rings is 1. The topological polar surface area (TPSA) is 67.9 Å². The van der Waals surface area contributed by atoms with E-state index in [1.165, 1.54) is 6.26 Å². The number of ether oxygens (including phenoxy) is 2. The summed E-state index contributed by atoms with van der Waals surface area (Å²) in [6.07, 6.45) is 2.94. The molecule has 0 saturated carbocycles. The van der Waals surface area contributed by atoms with E-state index in [-0.39, 0.29) is 23.5 Å². The standard InChI is InChI=1S/C17H20N2O4/c20-16(18-14-6-2-1-3-7-14)13-5-4-8-19(11-13)17(21)15-12-22-9-10-23-15/h1-3,6-7,12-13H,4-5,8-11H2,(H,18,20)/t13-/m1/s1. The van der Waals surface area contributed by atoms with E-state index in [9.17, 15) is 9.59 Å². The van der Waals surface area contributed by atoms with Crippen molar-refractivity contribution in [2.45, 2.75) is 12.8 Å². The van der Waals surface area contributed by atoms with Crippen molar-refractivity contribution in [3.63, 3.8) is 0 Å². The number of carbonyl (C=O) groups is 2. The highest BCUT2D eigenvalue weighted by atomic mass is 16.6. The zero-order valence-electron chi connectivity index (χ0n) is 12.9. The molecule has 6 heteroatoms. The largest absolute Gasteiger partial charge is 0.494 e. The van der Waals surface area contributed by atoms with Gasteiger partial charge in [0.05, 0.1) is 5.92 Å². The number of nitrogens with one attached hydrogen (secondary N) is 1. The second-order valence-corrected chi connectivity index (χ2v) is 5.65. The Balaban J connectivity index is 1.60. The van der Waals surface area contributed by atoms with E-state index in [0.717, 1.165) is 18.5 Å². The van der Waals surface area contributed by atoms with Crippen LogP contribution in [-0.2, 0) is 19.1 Å². The average molecular weight is 316 g/mol.